The molecule has 0 spiro atoms. The average molecular weight is 205 g/mol. The Morgan fingerprint density at radius 2 is 2.00 bits per heavy atom. The van der Waals surface area contributed by atoms with E-state index in [1.807, 2.05) is 30.3 Å². The van der Waals surface area contributed by atoms with E-state index in [-0.39, 0.29) is 0 Å². The molecule has 0 radical (unpaired) electrons. The predicted octanol–water partition coefficient (Wildman–Crippen LogP) is 1.46. The van der Waals surface area contributed by atoms with Crippen LogP contribution in [0.3, 0.4) is 0 Å². The number of carbonyl (C=O) groups excluding carboxylic acids is 1. The van der Waals surface area contributed by atoms with Crippen molar-refractivity contribution in [1.82, 2.24) is 0 Å². The quantitative estimate of drug-likeness (QED) is 0.652. The largest absolute Gasteiger partial charge is 0.481 e. The Morgan fingerprint density at radius 1 is 1.33 bits per heavy atom. The highest BCUT2D eigenvalue weighted by molar-refractivity contribution is 6.10. The van der Waals surface area contributed by atoms with Crippen LogP contribution >= 0.6 is 0 Å². The molecule has 1 atom stereocenters. The third-order valence-corrected chi connectivity index (χ3v) is 2.59. The maximum absolute atomic E-state index is 11.6. The summed E-state index contributed by atoms with van der Waals surface area (Å²) in [6.07, 6.45) is 0. The van der Waals surface area contributed by atoms with Crippen LogP contribution in [0.2, 0.25) is 0 Å². The summed E-state index contributed by atoms with van der Waals surface area (Å²) in [5, 5.41) is 3.61. The molecule has 78 valence electrons. The van der Waals surface area contributed by atoms with Gasteiger partial charge in [0, 0.05) is 0 Å². The van der Waals surface area contributed by atoms with Gasteiger partial charge in [-0.3, -0.25) is 0 Å². The first kappa shape index (κ1) is 9.71. The summed E-state index contributed by atoms with van der Waals surface area (Å²) in [5.74, 6) is -0.121. The molecule has 1 heterocycles. The van der Waals surface area contributed by atoms with E-state index in [1.165, 1.54) is 7.11 Å². The van der Waals surface area contributed by atoms with Crippen LogP contribution in [0.25, 0.3) is 0 Å². The van der Waals surface area contributed by atoms with Gasteiger partial charge in [0.05, 0.1) is 7.11 Å². The molecule has 15 heavy (non-hydrogen) atoms. The molecule has 0 saturated carbocycles. The van der Waals surface area contributed by atoms with Gasteiger partial charge in [0.25, 0.3) is 0 Å². The van der Waals surface area contributed by atoms with Gasteiger partial charge in [0.15, 0.2) is 5.41 Å². The van der Waals surface area contributed by atoms with Crippen LogP contribution in [0, 0.1) is 0 Å². The first-order valence-electron chi connectivity index (χ1n) is 4.59. The summed E-state index contributed by atoms with van der Waals surface area (Å²) >= 11 is 0. The molecule has 1 aromatic rings. The van der Waals surface area contributed by atoms with Gasteiger partial charge < -0.3 is 9.57 Å². The van der Waals surface area contributed by atoms with Gasteiger partial charge in [-0.15, -0.1) is 0 Å². The first-order valence-corrected chi connectivity index (χ1v) is 4.59. The van der Waals surface area contributed by atoms with E-state index in [4.69, 9.17) is 4.74 Å². The normalized spacial score (nSPS) is 24.7. The Morgan fingerprint density at radius 3 is 2.60 bits per heavy atom. The van der Waals surface area contributed by atoms with Crippen molar-refractivity contribution in [2.45, 2.75) is 12.3 Å². The van der Waals surface area contributed by atoms with Crippen molar-refractivity contribution in [2.24, 2.45) is 5.16 Å². The van der Waals surface area contributed by atoms with Crippen molar-refractivity contribution in [3.8, 4) is 0 Å². The van der Waals surface area contributed by atoms with Crippen LogP contribution in [0.1, 0.15) is 12.5 Å². The number of carbonyl (C=O) groups is 1. The van der Waals surface area contributed by atoms with E-state index >= 15 is 0 Å². The van der Waals surface area contributed by atoms with Gasteiger partial charge in [-0.05, 0) is 17.6 Å². The third kappa shape index (κ3) is 1.29. The summed E-state index contributed by atoms with van der Waals surface area (Å²) in [6.45, 7) is 1.74. The molecule has 4 nitrogen and oxygen atoms in total. The lowest BCUT2D eigenvalue weighted by molar-refractivity contribution is -0.144. The van der Waals surface area contributed by atoms with E-state index in [0.29, 0.717) is 5.90 Å². The zero-order valence-electron chi connectivity index (χ0n) is 8.56. The number of hydrogen-bond donors (Lipinski definition) is 0. The van der Waals surface area contributed by atoms with Crippen molar-refractivity contribution in [3.05, 3.63) is 35.9 Å². The Hall–Kier alpha value is -1.84. The SMILES string of the molecule is COC1=NOC(=O)C1(C)c1ccccc1. The van der Waals surface area contributed by atoms with E-state index in [2.05, 4.69) is 9.99 Å². The van der Waals surface area contributed by atoms with Crippen LogP contribution in [0.5, 0.6) is 0 Å². The van der Waals surface area contributed by atoms with Gasteiger partial charge in [0.2, 0.25) is 5.90 Å². The number of rotatable bonds is 1. The van der Waals surface area contributed by atoms with Crippen molar-refractivity contribution in [3.63, 3.8) is 0 Å². The molecule has 1 aliphatic rings. The van der Waals surface area contributed by atoms with Gasteiger partial charge in [0.1, 0.15) is 0 Å². The zero-order chi connectivity index (χ0) is 10.9. The van der Waals surface area contributed by atoms with Crippen molar-refractivity contribution >= 4 is 11.9 Å². The van der Waals surface area contributed by atoms with Gasteiger partial charge >= 0.3 is 5.97 Å². The highest BCUT2D eigenvalue weighted by Gasteiger charge is 2.48. The van der Waals surface area contributed by atoms with Gasteiger partial charge in [-0.25, -0.2) is 4.79 Å². The number of oxime groups is 1. The highest BCUT2D eigenvalue weighted by atomic mass is 16.7. The van der Waals surface area contributed by atoms with Crippen molar-refractivity contribution in [1.29, 1.82) is 0 Å². The minimum atomic E-state index is -0.921. The third-order valence-electron chi connectivity index (χ3n) is 2.59. The lowest BCUT2D eigenvalue weighted by Crippen LogP contribution is -2.37. The second kappa shape index (κ2) is 3.38. The van der Waals surface area contributed by atoms with Crippen LogP contribution in [-0.4, -0.2) is 19.0 Å². The van der Waals surface area contributed by atoms with Crippen molar-refractivity contribution in [2.75, 3.05) is 7.11 Å². The molecule has 1 aromatic carbocycles. The van der Waals surface area contributed by atoms with Crippen LogP contribution < -0.4 is 0 Å². The number of nitrogens with zero attached hydrogens (tertiary/aromatic N) is 1. The second-order valence-electron chi connectivity index (χ2n) is 3.47. The fraction of sp³-hybridized carbons (Fsp3) is 0.273. The zero-order valence-corrected chi connectivity index (χ0v) is 8.56. The second-order valence-corrected chi connectivity index (χ2v) is 3.47. The maximum Gasteiger partial charge on any atom is 0.354 e. The molecule has 0 aromatic heterocycles. The number of methoxy groups -OCH3 is 1. The molecular formula is C11H11NO3. The smallest absolute Gasteiger partial charge is 0.354 e. The lowest BCUT2D eigenvalue weighted by Gasteiger charge is -2.19. The highest BCUT2D eigenvalue weighted by Crippen LogP contribution is 2.31. The number of benzene rings is 1. The summed E-state index contributed by atoms with van der Waals surface area (Å²) < 4.78 is 5.06. The predicted molar refractivity (Wildman–Crippen MR) is 54.3 cm³/mol. The van der Waals surface area contributed by atoms with Gasteiger partial charge in [-0.1, -0.05) is 30.3 Å². The molecule has 2 rings (SSSR count). The minimum Gasteiger partial charge on any atom is -0.481 e. The molecule has 4 heteroatoms. The van der Waals surface area contributed by atoms with Crippen LogP contribution in [0.15, 0.2) is 35.5 Å². The van der Waals surface area contributed by atoms with E-state index in [0.717, 1.165) is 5.56 Å². The minimum absolute atomic E-state index is 0.290. The Bertz CT molecular complexity index is 413. The van der Waals surface area contributed by atoms with E-state index in [1.54, 1.807) is 6.92 Å². The lowest BCUT2D eigenvalue weighted by atomic mass is 9.83. The fourth-order valence-corrected chi connectivity index (χ4v) is 1.61. The standard InChI is InChI=1S/C11H11NO3/c1-11(8-6-4-3-5-7-8)9(14-2)12-15-10(11)13/h3-7H,1-2H3. The molecule has 0 aliphatic carbocycles. The number of ether oxygens (including phenoxy) is 1. The summed E-state index contributed by atoms with van der Waals surface area (Å²) in [7, 11) is 1.47. The first-order chi connectivity index (χ1) is 7.19. The molecule has 0 bridgehead atoms. The summed E-state index contributed by atoms with van der Waals surface area (Å²) in [4.78, 5) is 16.3. The summed E-state index contributed by atoms with van der Waals surface area (Å²) in [6, 6.07) is 9.30. The number of hydrogen-bond acceptors (Lipinski definition) is 4. The molecule has 0 saturated heterocycles. The summed E-state index contributed by atoms with van der Waals surface area (Å²) in [5.41, 5.74) is -0.108. The van der Waals surface area contributed by atoms with E-state index in [9.17, 15) is 4.79 Å². The topological polar surface area (TPSA) is 47.9 Å². The Balaban J connectivity index is 2.49. The van der Waals surface area contributed by atoms with Crippen LogP contribution in [0.4, 0.5) is 0 Å². The molecule has 0 N–H and O–H groups in total. The molecule has 1 unspecified atom stereocenters. The molecule has 0 fully saturated rings. The molecule has 0 amide bonds. The van der Waals surface area contributed by atoms with Crippen molar-refractivity contribution < 1.29 is 14.4 Å². The Labute approximate surface area is 87.5 Å². The monoisotopic (exact) mass is 205 g/mol. The van der Waals surface area contributed by atoms with E-state index < -0.39 is 11.4 Å². The molecular weight excluding hydrogens is 194 g/mol. The Kier molecular flexibility index (Phi) is 2.19. The maximum atomic E-state index is 11.6. The van der Waals surface area contributed by atoms with Crippen LogP contribution in [-0.2, 0) is 19.8 Å². The molecule has 1 aliphatic heterocycles. The fourth-order valence-electron chi connectivity index (χ4n) is 1.61. The average Bonchev–Trinajstić information content (AvgIpc) is 2.58. The van der Waals surface area contributed by atoms with Gasteiger partial charge in [-0.2, -0.15) is 0 Å².